The topological polar surface area (TPSA) is 79.3 Å². The molecule has 1 fully saturated rings. The molecule has 0 bridgehead atoms. The van der Waals surface area contributed by atoms with Crippen molar-refractivity contribution in [2.75, 3.05) is 19.8 Å². The van der Waals surface area contributed by atoms with Crippen molar-refractivity contribution in [3.05, 3.63) is 35.4 Å². The zero-order chi connectivity index (χ0) is 13.0. The zero-order valence-corrected chi connectivity index (χ0v) is 10.0. The van der Waals surface area contributed by atoms with E-state index in [1.165, 1.54) is 0 Å². The lowest BCUT2D eigenvalue weighted by molar-refractivity contribution is -0.129. The number of hydrogen-bond donors (Lipinski definition) is 1. The van der Waals surface area contributed by atoms with E-state index >= 15 is 0 Å². The molecule has 5 nitrogen and oxygen atoms in total. The first-order chi connectivity index (χ1) is 8.70. The van der Waals surface area contributed by atoms with Crippen molar-refractivity contribution in [1.29, 1.82) is 5.26 Å². The number of nitriles is 1. The van der Waals surface area contributed by atoms with Gasteiger partial charge in [0.25, 0.3) is 0 Å². The van der Waals surface area contributed by atoms with Crippen LogP contribution in [0.3, 0.4) is 0 Å². The molecule has 0 radical (unpaired) electrons. The third-order valence-electron chi connectivity index (χ3n) is 3.01. The maximum absolute atomic E-state index is 11.3. The fourth-order valence-electron chi connectivity index (χ4n) is 2.06. The summed E-state index contributed by atoms with van der Waals surface area (Å²) in [6.07, 6.45) is 0. The van der Waals surface area contributed by atoms with Gasteiger partial charge in [-0.05, 0) is 17.7 Å². The van der Waals surface area contributed by atoms with E-state index in [0.29, 0.717) is 31.9 Å². The summed E-state index contributed by atoms with van der Waals surface area (Å²) in [6, 6.07) is 9.08. The summed E-state index contributed by atoms with van der Waals surface area (Å²) in [6.45, 7) is 2.21. The molecule has 1 aromatic rings. The average molecular weight is 245 g/mol. The molecule has 1 aliphatic rings. The summed E-state index contributed by atoms with van der Waals surface area (Å²) in [5.41, 5.74) is 6.98. The van der Waals surface area contributed by atoms with Gasteiger partial charge in [-0.25, -0.2) is 0 Å². The highest BCUT2D eigenvalue weighted by Crippen LogP contribution is 2.13. The number of morpholine rings is 1. The lowest BCUT2D eigenvalue weighted by Crippen LogP contribution is -2.51. The molecule has 18 heavy (non-hydrogen) atoms. The summed E-state index contributed by atoms with van der Waals surface area (Å²) in [4.78, 5) is 13.3. The predicted molar refractivity (Wildman–Crippen MR) is 65.4 cm³/mol. The smallest absolute Gasteiger partial charge is 0.237 e. The summed E-state index contributed by atoms with van der Waals surface area (Å²) in [5.74, 6) is -0.369. The molecule has 2 rings (SSSR count). The molecule has 5 heteroatoms. The Bertz CT molecular complexity index is 481. The molecule has 1 atom stereocenters. The second-order valence-electron chi connectivity index (χ2n) is 4.28. The van der Waals surface area contributed by atoms with Crippen LogP contribution in [0.5, 0.6) is 0 Å². The molecule has 0 aliphatic carbocycles. The Labute approximate surface area is 106 Å². The summed E-state index contributed by atoms with van der Waals surface area (Å²) in [5, 5.41) is 8.85. The van der Waals surface area contributed by atoms with Gasteiger partial charge in [0.2, 0.25) is 5.91 Å². The summed E-state index contributed by atoms with van der Waals surface area (Å²) < 4.78 is 5.26. The minimum Gasteiger partial charge on any atom is -0.378 e. The molecular formula is C13H15N3O2. The van der Waals surface area contributed by atoms with Crippen molar-refractivity contribution in [2.45, 2.75) is 12.6 Å². The quantitative estimate of drug-likeness (QED) is 0.827. The van der Waals surface area contributed by atoms with Crippen LogP contribution in [0.2, 0.25) is 0 Å². The minimum atomic E-state index is -0.385. The number of hydrogen-bond acceptors (Lipinski definition) is 4. The van der Waals surface area contributed by atoms with Crippen LogP contribution in [0.4, 0.5) is 0 Å². The Morgan fingerprint density at radius 3 is 3.17 bits per heavy atom. The lowest BCUT2D eigenvalue weighted by atomic mass is 10.1. The number of amides is 1. The second-order valence-corrected chi connectivity index (χ2v) is 4.28. The first-order valence-corrected chi connectivity index (χ1v) is 5.81. The van der Waals surface area contributed by atoms with E-state index in [-0.39, 0.29) is 11.9 Å². The van der Waals surface area contributed by atoms with Crippen LogP contribution >= 0.6 is 0 Å². The van der Waals surface area contributed by atoms with E-state index in [9.17, 15) is 4.79 Å². The number of ether oxygens (including phenoxy) is 1. The SMILES string of the molecule is N#Cc1cccc(CN2CCOC[C@@H]2C(N)=O)c1. The Kier molecular flexibility index (Phi) is 3.92. The largest absolute Gasteiger partial charge is 0.378 e. The number of nitrogens with zero attached hydrogens (tertiary/aromatic N) is 2. The van der Waals surface area contributed by atoms with Gasteiger partial charge < -0.3 is 10.5 Å². The van der Waals surface area contributed by atoms with E-state index in [4.69, 9.17) is 15.7 Å². The molecular weight excluding hydrogens is 230 g/mol. The molecule has 1 amide bonds. The Morgan fingerprint density at radius 2 is 2.44 bits per heavy atom. The van der Waals surface area contributed by atoms with Gasteiger partial charge in [0.15, 0.2) is 0 Å². The minimum absolute atomic E-state index is 0.341. The lowest BCUT2D eigenvalue weighted by Gasteiger charge is -2.33. The molecule has 1 aliphatic heterocycles. The highest BCUT2D eigenvalue weighted by molar-refractivity contribution is 5.80. The number of rotatable bonds is 3. The highest BCUT2D eigenvalue weighted by atomic mass is 16.5. The standard InChI is InChI=1S/C13H15N3O2/c14-7-10-2-1-3-11(6-10)8-16-4-5-18-9-12(16)13(15)17/h1-3,6,12H,4-5,8-9H2,(H2,15,17)/t12-/m1/s1. The van der Waals surface area contributed by atoms with Gasteiger partial charge >= 0.3 is 0 Å². The van der Waals surface area contributed by atoms with Gasteiger partial charge in [-0.15, -0.1) is 0 Å². The molecule has 2 N–H and O–H groups in total. The van der Waals surface area contributed by atoms with Crippen LogP contribution in [0, 0.1) is 11.3 Å². The number of benzene rings is 1. The Morgan fingerprint density at radius 1 is 1.61 bits per heavy atom. The van der Waals surface area contributed by atoms with Crippen molar-refractivity contribution in [3.8, 4) is 6.07 Å². The number of carbonyl (C=O) groups excluding carboxylic acids is 1. The number of nitrogens with two attached hydrogens (primary N) is 1. The fraction of sp³-hybridized carbons (Fsp3) is 0.385. The van der Waals surface area contributed by atoms with Gasteiger partial charge in [-0.1, -0.05) is 12.1 Å². The first kappa shape index (κ1) is 12.6. The third kappa shape index (κ3) is 2.86. The van der Waals surface area contributed by atoms with Gasteiger partial charge in [0.05, 0.1) is 24.8 Å². The Hall–Kier alpha value is -1.90. The molecule has 0 saturated carbocycles. The van der Waals surface area contributed by atoms with Gasteiger partial charge in [-0.2, -0.15) is 5.26 Å². The van der Waals surface area contributed by atoms with E-state index in [1.807, 2.05) is 23.1 Å². The molecule has 0 unspecified atom stereocenters. The van der Waals surface area contributed by atoms with Gasteiger partial charge in [-0.3, -0.25) is 9.69 Å². The van der Waals surface area contributed by atoms with Crippen molar-refractivity contribution in [1.82, 2.24) is 4.90 Å². The third-order valence-corrected chi connectivity index (χ3v) is 3.01. The number of primary amides is 1. The van der Waals surface area contributed by atoms with Crippen molar-refractivity contribution < 1.29 is 9.53 Å². The molecule has 0 spiro atoms. The van der Waals surface area contributed by atoms with E-state index < -0.39 is 0 Å². The van der Waals surface area contributed by atoms with Crippen LogP contribution in [-0.2, 0) is 16.1 Å². The molecule has 1 aromatic carbocycles. The molecule has 94 valence electrons. The zero-order valence-electron chi connectivity index (χ0n) is 10.0. The normalized spacial score (nSPS) is 20.3. The maximum Gasteiger partial charge on any atom is 0.237 e. The second kappa shape index (κ2) is 5.63. The van der Waals surface area contributed by atoms with Crippen LogP contribution in [0.1, 0.15) is 11.1 Å². The van der Waals surface area contributed by atoms with Crippen molar-refractivity contribution >= 4 is 5.91 Å². The molecule has 1 heterocycles. The molecule has 1 saturated heterocycles. The monoisotopic (exact) mass is 245 g/mol. The first-order valence-electron chi connectivity index (χ1n) is 5.81. The van der Waals surface area contributed by atoms with Gasteiger partial charge in [0.1, 0.15) is 6.04 Å². The maximum atomic E-state index is 11.3. The fourth-order valence-corrected chi connectivity index (χ4v) is 2.06. The van der Waals surface area contributed by atoms with Crippen molar-refractivity contribution in [2.24, 2.45) is 5.73 Å². The van der Waals surface area contributed by atoms with Crippen molar-refractivity contribution in [3.63, 3.8) is 0 Å². The highest BCUT2D eigenvalue weighted by Gasteiger charge is 2.27. The predicted octanol–water partition coefficient (Wildman–Crippen LogP) is 0.244. The van der Waals surface area contributed by atoms with E-state index in [2.05, 4.69) is 6.07 Å². The van der Waals surface area contributed by atoms with Crippen LogP contribution in [0.25, 0.3) is 0 Å². The molecule has 0 aromatic heterocycles. The van der Waals surface area contributed by atoms with Gasteiger partial charge in [0, 0.05) is 13.1 Å². The van der Waals surface area contributed by atoms with Crippen LogP contribution < -0.4 is 5.73 Å². The van der Waals surface area contributed by atoms with Crippen LogP contribution in [0.15, 0.2) is 24.3 Å². The van der Waals surface area contributed by atoms with E-state index in [0.717, 1.165) is 5.56 Å². The summed E-state index contributed by atoms with van der Waals surface area (Å²) >= 11 is 0. The summed E-state index contributed by atoms with van der Waals surface area (Å²) in [7, 11) is 0. The van der Waals surface area contributed by atoms with E-state index in [1.54, 1.807) is 6.07 Å². The Balaban J connectivity index is 2.11. The number of carbonyl (C=O) groups is 1. The average Bonchev–Trinajstić information content (AvgIpc) is 2.39. The van der Waals surface area contributed by atoms with Crippen LogP contribution in [-0.4, -0.2) is 36.6 Å².